The highest BCUT2D eigenvalue weighted by atomic mass is 32.2. The Kier molecular flexibility index (Phi) is 3.75. The van der Waals surface area contributed by atoms with E-state index in [0.717, 1.165) is 23.5 Å². The van der Waals surface area contributed by atoms with Gasteiger partial charge in [0.15, 0.2) is 5.82 Å². The first-order valence-corrected chi connectivity index (χ1v) is 9.00. The molecule has 0 spiro atoms. The molecule has 2 fully saturated rings. The highest BCUT2D eigenvalue weighted by Crippen LogP contribution is 2.52. The van der Waals surface area contributed by atoms with Crippen molar-refractivity contribution >= 4 is 17.7 Å². The van der Waals surface area contributed by atoms with Gasteiger partial charge in [0.1, 0.15) is 11.8 Å². The minimum absolute atomic E-state index is 0.117. The van der Waals surface area contributed by atoms with Gasteiger partial charge in [-0.1, -0.05) is 23.4 Å². The van der Waals surface area contributed by atoms with Crippen LogP contribution in [-0.4, -0.2) is 38.7 Å². The molecule has 126 valence electrons. The predicted octanol–water partition coefficient (Wildman–Crippen LogP) is 2.80. The van der Waals surface area contributed by atoms with Gasteiger partial charge in [0, 0.05) is 24.2 Å². The van der Waals surface area contributed by atoms with Crippen molar-refractivity contribution < 1.29 is 14.1 Å². The molecule has 7 heteroatoms. The first-order chi connectivity index (χ1) is 11.6. The topological polar surface area (TPSA) is 68.5 Å². The molecule has 1 aromatic carbocycles. The number of carbonyl (C=O) groups excluding carboxylic acids is 1. The summed E-state index contributed by atoms with van der Waals surface area (Å²) in [6.45, 7) is 2.12. The van der Waals surface area contributed by atoms with Gasteiger partial charge in [-0.25, -0.2) is 0 Å². The molecule has 2 saturated heterocycles. The molecule has 2 aromatic rings. The number of methoxy groups -OCH3 is 1. The van der Waals surface area contributed by atoms with Crippen molar-refractivity contribution in [3.05, 3.63) is 41.5 Å². The zero-order valence-corrected chi connectivity index (χ0v) is 14.5. The number of fused-ring (bicyclic) bond motifs is 1. The molecule has 0 N–H and O–H groups in total. The van der Waals surface area contributed by atoms with Crippen LogP contribution in [0.5, 0.6) is 5.75 Å². The van der Waals surface area contributed by atoms with Gasteiger partial charge in [-0.3, -0.25) is 4.79 Å². The molecule has 2 atom stereocenters. The summed E-state index contributed by atoms with van der Waals surface area (Å²) in [6, 6.07) is 7.67. The normalized spacial score (nSPS) is 26.0. The number of amides is 1. The fraction of sp³-hybridized carbons (Fsp3) is 0.471. The SMILES string of the molecule is COc1ccccc1Cc1noc(C2CSC3(C)CCC(=O)N23)n1. The number of aromatic nitrogens is 2. The third kappa shape index (κ3) is 2.47. The molecule has 2 aliphatic heterocycles. The van der Waals surface area contributed by atoms with Crippen LogP contribution in [0.2, 0.25) is 0 Å². The minimum atomic E-state index is -0.126. The van der Waals surface area contributed by atoms with Crippen molar-refractivity contribution in [1.82, 2.24) is 15.0 Å². The van der Waals surface area contributed by atoms with Gasteiger partial charge in [0.2, 0.25) is 11.8 Å². The van der Waals surface area contributed by atoms with Crippen molar-refractivity contribution in [2.45, 2.75) is 37.1 Å². The highest BCUT2D eigenvalue weighted by molar-refractivity contribution is 8.00. The summed E-state index contributed by atoms with van der Waals surface area (Å²) < 4.78 is 10.9. The lowest BCUT2D eigenvalue weighted by molar-refractivity contribution is -0.131. The lowest BCUT2D eigenvalue weighted by atomic mass is 10.1. The van der Waals surface area contributed by atoms with E-state index in [0.29, 0.717) is 24.6 Å². The molecular weight excluding hydrogens is 326 g/mol. The lowest BCUT2D eigenvalue weighted by Gasteiger charge is -2.28. The summed E-state index contributed by atoms with van der Waals surface area (Å²) in [5, 5.41) is 4.10. The summed E-state index contributed by atoms with van der Waals surface area (Å²) >= 11 is 1.80. The van der Waals surface area contributed by atoms with E-state index in [4.69, 9.17) is 9.26 Å². The van der Waals surface area contributed by atoms with E-state index in [9.17, 15) is 4.79 Å². The first-order valence-electron chi connectivity index (χ1n) is 8.01. The van der Waals surface area contributed by atoms with Gasteiger partial charge < -0.3 is 14.2 Å². The molecule has 24 heavy (non-hydrogen) atoms. The second kappa shape index (κ2) is 5.81. The standard InChI is InChI=1S/C17H19N3O3S/c1-17-8-7-15(21)20(17)12(10-24-17)16-18-14(19-23-16)9-11-5-3-4-6-13(11)22-2/h3-6,12H,7-10H2,1-2H3. The van der Waals surface area contributed by atoms with E-state index in [1.165, 1.54) is 0 Å². The average Bonchev–Trinajstić information content (AvgIpc) is 3.25. The zero-order chi connectivity index (χ0) is 16.7. The number of nitrogens with zero attached hydrogens (tertiary/aromatic N) is 3. The van der Waals surface area contributed by atoms with Crippen LogP contribution < -0.4 is 4.74 Å². The van der Waals surface area contributed by atoms with E-state index in [1.807, 2.05) is 29.2 Å². The molecule has 4 rings (SSSR count). The maximum atomic E-state index is 12.2. The highest BCUT2D eigenvalue weighted by Gasteiger charge is 2.52. The Balaban J connectivity index is 1.56. The van der Waals surface area contributed by atoms with Gasteiger partial charge in [0.25, 0.3) is 0 Å². The third-order valence-corrected chi connectivity index (χ3v) is 6.26. The molecule has 3 heterocycles. The molecule has 0 radical (unpaired) electrons. The fourth-order valence-corrected chi connectivity index (χ4v) is 4.92. The van der Waals surface area contributed by atoms with Crippen LogP contribution in [0, 0.1) is 0 Å². The van der Waals surface area contributed by atoms with Crippen LogP contribution in [0.4, 0.5) is 0 Å². The fourth-order valence-electron chi connectivity index (χ4n) is 3.50. The van der Waals surface area contributed by atoms with Gasteiger partial charge in [-0.2, -0.15) is 4.98 Å². The van der Waals surface area contributed by atoms with Crippen molar-refractivity contribution in [3.8, 4) is 5.75 Å². The Morgan fingerprint density at radius 2 is 2.29 bits per heavy atom. The van der Waals surface area contributed by atoms with Crippen molar-refractivity contribution in [3.63, 3.8) is 0 Å². The van der Waals surface area contributed by atoms with Gasteiger partial charge >= 0.3 is 0 Å². The maximum Gasteiger partial charge on any atom is 0.250 e. The molecule has 2 unspecified atom stereocenters. The van der Waals surface area contributed by atoms with Crippen LogP contribution in [0.3, 0.4) is 0 Å². The van der Waals surface area contributed by atoms with Crippen LogP contribution in [-0.2, 0) is 11.2 Å². The number of para-hydroxylation sites is 1. The Morgan fingerprint density at radius 1 is 1.46 bits per heavy atom. The van der Waals surface area contributed by atoms with E-state index < -0.39 is 0 Å². The molecular formula is C17H19N3O3S. The zero-order valence-electron chi connectivity index (χ0n) is 13.7. The molecule has 6 nitrogen and oxygen atoms in total. The predicted molar refractivity (Wildman–Crippen MR) is 89.8 cm³/mol. The van der Waals surface area contributed by atoms with Crippen LogP contribution in [0.25, 0.3) is 0 Å². The van der Waals surface area contributed by atoms with E-state index in [2.05, 4.69) is 17.1 Å². The Labute approximate surface area is 144 Å². The second-order valence-corrected chi connectivity index (χ2v) is 7.80. The summed E-state index contributed by atoms with van der Waals surface area (Å²) in [5.41, 5.74) is 1.01. The van der Waals surface area contributed by atoms with Gasteiger partial charge in [0.05, 0.1) is 12.0 Å². The van der Waals surface area contributed by atoms with Crippen molar-refractivity contribution in [1.29, 1.82) is 0 Å². The Hall–Kier alpha value is -2.02. The lowest BCUT2D eigenvalue weighted by Crippen LogP contribution is -2.37. The van der Waals surface area contributed by atoms with Crippen molar-refractivity contribution in [2.75, 3.05) is 12.9 Å². The molecule has 0 saturated carbocycles. The van der Waals surface area contributed by atoms with Gasteiger partial charge in [-0.15, -0.1) is 11.8 Å². The summed E-state index contributed by atoms with van der Waals surface area (Å²) in [5.74, 6) is 2.93. The number of ether oxygens (including phenoxy) is 1. The summed E-state index contributed by atoms with van der Waals surface area (Å²) in [6.07, 6.45) is 2.02. The average molecular weight is 345 g/mol. The van der Waals surface area contributed by atoms with Gasteiger partial charge in [-0.05, 0) is 19.4 Å². The van der Waals surface area contributed by atoms with Crippen LogP contribution in [0.15, 0.2) is 28.8 Å². The second-order valence-electron chi connectivity index (χ2n) is 6.30. The maximum absolute atomic E-state index is 12.2. The quantitative estimate of drug-likeness (QED) is 0.849. The number of rotatable bonds is 4. The van der Waals surface area contributed by atoms with Crippen LogP contribution >= 0.6 is 11.8 Å². The van der Waals surface area contributed by atoms with E-state index in [1.54, 1.807) is 18.9 Å². The minimum Gasteiger partial charge on any atom is -0.496 e. The summed E-state index contributed by atoms with van der Waals surface area (Å²) in [7, 11) is 1.65. The molecule has 2 aliphatic rings. The van der Waals surface area contributed by atoms with E-state index >= 15 is 0 Å². The Morgan fingerprint density at radius 3 is 3.12 bits per heavy atom. The van der Waals surface area contributed by atoms with Crippen LogP contribution in [0.1, 0.15) is 43.1 Å². The molecule has 1 aromatic heterocycles. The largest absolute Gasteiger partial charge is 0.496 e. The summed E-state index contributed by atoms with van der Waals surface area (Å²) in [4.78, 5) is 18.6. The number of thioether (sulfide) groups is 1. The number of carbonyl (C=O) groups is 1. The Bertz CT molecular complexity index is 778. The molecule has 1 amide bonds. The molecule has 0 bridgehead atoms. The molecule has 0 aliphatic carbocycles. The monoisotopic (exact) mass is 345 g/mol. The number of hydrogen-bond acceptors (Lipinski definition) is 6. The van der Waals surface area contributed by atoms with E-state index in [-0.39, 0.29) is 16.8 Å². The van der Waals surface area contributed by atoms with Crippen molar-refractivity contribution in [2.24, 2.45) is 0 Å². The third-order valence-electron chi connectivity index (χ3n) is 4.75. The number of benzene rings is 1. The smallest absolute Gasteiger partial charge is 0.250 e. The number of hydrogen-bond donors (Lipinski definition) is 0. The first kappa shape index (κ1) is 15.5.